The zero-order chi connectivity index (χ0) is 18.3. The summed E-state index contributed by atoms with van der Waals surface area (Å²) in [5.74, 6) is 1.31. The zero-order valence-electron chi connectivity index (χ0n) is 16.5. The summed E-state index contributed by atoms with van der Waals surface area (Å²) in [5, 5.41) is 6.84. The average Bonchev–Trinajstić information content (AvgIpc) is 3.03. The Labute approximate surface area is 175 Å². The lowest BCUT2D eigenvalue weighted by molar-refractivity contribution is 0.324. The molecule has 0 saturated carbocycles. The lowest BCUT2D eigenvalue weighted by atomic mass is 9.84. The molecule has 0 amide bonds. The van der Waals surface area contributed by atoms with Gasteiger partial charge in [-0.05, 0) is 49.5 Å². The first-order valence-corrected chi connectivity index (χ1v) is 9.37. The third-order valence-electron chi connectivity index (χ3n) is 5.00. The number of guanidine groups is 1. The lowest BCUT2D eigenvalue weighted by Gasteiger charge is -2.27. The first-order chi connectivity index (χ1) is 11.9. The van der Waals surface area contributed by atoms with Crippen molar-refractivity contribution in [3.05, 3.63) is 35.6 Å². The monoisotopic (exact) mass is 476 g/mol. The van der Waals surface area contributed by atoms with Crippen molar-refractivity contribution in [2.24, 2.45) is 10.9 Å². The van der Waals surface area contributed by atoms with E-state index in [4.69, 9.17) is 0 Å². The van der Waals surface area contributed by atoms with Gasteiger partial charge in [-0.15, -0.1) is 24.0 Å². The molecule has 1 fully saturated rings. The molecule has 1 aromatic rings. The van der Waals surface area contributed by atoms with Crippen molar-refractivity contribution >= 4 is 29.9 Å². The van der Waals surface area contributed by atoms with Gasteiger partial charge in [0.1, 0.15) is 5.82 Å². The highest BCUT2D eigenvalue weighted by Crippen LogP contribution is 2.22. The molecule has 1 aliphatic heterocycles. The molecule has 1 aliphatic rings. The van der Waals surface area contributed by atoms with E-state index in [9.17, 15) is 4.39 Å². The maximum Gasteiger partial charge on any atom is 0.191 e. The summed E-state index contributed by atoms with van der Waals surface area (Å²) >= 11 is 0. The van der Waals surface area contributed by atoms with Crippen LogP contribution in [-0.2, 0) is 5.41 Å². The molecule has 0 spiro atoms. The summed E-state index contributed by atoms with van der Waals surface area (Å²) in [6.45, 7) is 11.7. The van der Waals surface area contributed by atoms with Gasteiger partial charge in [0.15, 0.2) is 5.96 Å². The van der Waals surface area contributed by atoms with Crippen LogP contribution in [0.1, 0.15) is 39.2 Å². The molecule has 1 heterocycles. The molecule has 2 rings (SSSR count). The minimum Gasteiger partial charge on any atom is -0.356 e. The molecule has 0 bridgehead atoms. The van der Waals surface area contributed by atoms with E-state index in [1.165, 1.54) is 38.5 Å². The van der Waals surface area contributed by atoms with Crippen LogP contribution in [-0.4, -0.2) is 50.6 Å². The third-order valence-corrected chi connectivity index (χ3v) is 5.00. The van der Waals surface area contributed by atoms with Gasteiger partial charge in [0.05, 0.1) is 0 Å². The molecule has 2 N–H and O–H groups in total. The van der Waals surface area contributed by atoms with Crippen LogP contribution < -0.4 is 10.6 Å². The maximum absolute atomic E-state index is 13.5. The van der Waals surface area contributed by atoms with E-state index < -0.39 is 0 Å². The fourth-order valence-electron chi connectivity index (χ4n) is 3.38. The van der Waals surface area contributed by atoms with E-state index in [0.717, 1.165) is 18.1 Å². The quantitative estimate of drug-likeness (QED) is 0.359. The molecular formula is C20H34FIN4. The second-order valence-corrected chi connectivity index (χ2v) is 7.66. The summed E-state index contributed by atoms with van der Waals surface area (Å²) < 4.78 is 13.5. The Morgan fingerprint density at radius 1 is 1.35 bits per heavy atom. The summed E-state index contributed by atoms with van der Waals surface area (Å²) in [5.41, 5.74) is 0.812. The minimum absolute atomic E-state index is 0. The van der Waals surface area contributed by atoms with Crippen LogP contribution >= 0.6 is 24.0 Å². The number of aliphatic imine (C=N–C) groups is 1. The summed E-state index contributed by atoms with van der Waals surface area (Å²) in [6, 6.07) is 6.83. The Hall–Kier alpha value is -0.890. The lowest BCUT2D eigenvalue weighted by Crippen LogP contribution is -2.45. The molecule has 1 saturated heterocycles. The molecule has 1 atom stereocenters. The van der Waals surface area contributed by atoms with Crippen LogP contribution in [0.3, 0.4) is 0 Å². The highest BCUT2D eigenvalue weighted by atomic mass is 127. The van der Waals surface area contributed by atoms with Crippen LogP contribution in [0.25, 0.3) is 0 Å². The van der Waals surface area contributed by atoms with E-state index in [-0.39, 0.29) is 35.2 Å². The summed E-state index contributed by atoms with van der Waals surface area (Å²) in [6.07, 6.45) is 2.47. The van der Waals surface area contributed by atoms with Crippen molar-refractivity contribution in [3.63, 3.8) is 0 Å². The largest absolute Gasteiger partial charge is 0.356 e. The van der Waals surface area contributed by atoms with Crippen molar-refractivity contribution in [1.29, 1.82) is 0 Å². The van der Waals surface area contributed by atoms with E-state index >= 15 is 0 Å². The predicted molar refractivity (Wildman–Crippen MR) is 119 cm³/mol. The minimum atomic E-state index is -0.189. The number of hydrogen-bond acceptors (Lipinski definition) is 2. The van der Waals surface area contributed by atoms with Crippen LogP contribution in [0.15, 0.2) is 29.3 Å². The first kappa shape index (κ1) is 23.1. The van der Waals surface area contributed by atoms with Gasteiger partial charge in [-0.3, -0.25) is 4.99 Å². The molecule has 26 heavy (non-hydrogen) atoms. The Morgan fingerprint density at radius 3 is 2.77 bits per heavy atom. The number of halogens is 2. The molecular weight excluding hydrogens is 442 g/mol. The van der Waals surface area contributed by atoms with Crippen molar-refractivity contribution < 1.29 is 4.39 Å². The Morgan fingerprint density at radius 2 is 2.12 bits per heavy atom. The van der Waals surface area contributed by atoms with E-state index in [1.807, 2.05) is 6.07 Å². The predicted octanol–water partition coefficient (Wildman–Crippen LogP) is 3.62. The number of rotatable bonds is 7. The molecule has 1 unspecified atom stereocenters. The van der Waals surface area contributed by atoms with Gasteiger partial charge in [0.2, 0.25) is 0 Å². The number of benzene rings is 1. The van der Waals surface area contributed by atoms with E-state index in [1.54, 1.807) is 19.2 Å². The Kier molecular flexibility index (Phi) is 9.85. The van der Waals surface area contributed by atoms with Gasteiger partial charge in [-0.2, -0.15) is 0 Å². The van der Waals surface area contributed by atoms with Crippen molar-refractivity contribution in [2.45, 2.75) is 39.0 Å². The van der Waals surface area contributed by atoms with Crippen molar-refractivity contribution in [2.75, 3.05) is 39.8 Å². The first-order valence-electron chi connectivity index (χ1n) is 9.37. The van der Waals surface area contributed by atoms with Crippen LogP contribution in [0, 0.1) is 11.7 Å². The van der Waals surface area contributed by atoms with Crippen LogP contribution in [0.5, 0.6) is 0 Å². The smallest absolute Gasteiger partial charge is 0.191 e. The normalized spacial score (nSPS) is 18.5. The Balaban J connectivity index is 0.00000338. The molecule has 148 valence electrons. The SMILES string of the molecule is CCCN1CCC(CNC(=NC)NCC(C)(C)c2cccc(F)c2)C1.I. The maximum atomic E-state index is 13.5. The van der Waals surface area contributed by atoms with E-state index in [2.05, 4.69) is 41.3 Å². The topological polar surface area (TPSA) is 39.7 Å². The molecule has 6 heteroatoms. The molecule has 4 nitrogen and oxygen atoms in total. The number of hydrogen-bond donors (Lipinski definition) is 2. The fraction of sp³-hybridized carbons (Fsp3) is 0.650. The van der Waals surface area contributed by atoms with Crippen molar-refractivity contribution in [3.8, 4) is 0 Å². The molecule has 1 aromatic carbocycles. The summed E-state index contributed by atoms with van der Waals surface area (Å²) in [7, 11) is 1.79. The van der Waals surface area contributed by atoms with Crippen molar-refractivity contribution in [1.82, 2.24) is 15.5 Å². The van der Waals surface area contributed by atoms with Crippen LogP contribution in [0.2, 0.25) is 0 Å². The highest BCUT2D eigenvalue weighted by molar-refractivity contribution is 14.0. The zero-order valence-corrected chi connectivity index (χ0v) is 18.8. The van der Waals surface area contributed by atoms with Gasteiger partial charge in [0, 0.05) is 32.1 Å². The molecule has 0 aromatic heterocycles. The summed E-state index contributed by atoms with van der Waals surface area (Å²) in [4.78, 5) is 6.86. The average molecular weight is 476 g/mol. The van der Waals surface area contributed by atoms with Crippen LogP contribution in [0.4, 0.5) is 4.39 Å². The van der Waals surface area contributed by atoms with Gasteiger partial charge >= 0.3 is 0 Å². The van der Waals surface area contributed by atoms with Gasteiger partial charge in [0.25, 0.3) is 0 Å². The van der Waals surface area contributed by atoms with Gasteiger partial charge < -0.3 is 15.5 Å². The molecule has 0 radical (unpaired) electrons. The second kappa shape index (κ2) is 11.1. The van der Waals surface area contributed by atoms with E-state index in [0.29, 0.717) is 12.5 Å². The fourth-order valence-corrected chi connectivity index (χ4v) is 3.38. The van der Waals surface area contributed by atoms with Gasteiger partial charge in [-0.1, -0.05) is 32.9 Å². The van der Waals surface area contributed by atoms with Gasteiger partial charge in [-0.25, -0.2) is 4.39 Å². The number of nitrogens with zero attached hydrogens (tertiary/aromatic N) is 2. The third kappa shape index (κ3) is 7.02. The Bertz CT molecular complexity index is 577. The standard InChI is InChI=1S/C20H33FN4.HI/c1-5-10-25-11-9-16(14-25)13-23-19(22-4)24-15-20(2,3)17-7-6-8-18(21)12-17;/h6-8,12,16H,5,9-11,13-15H2,1-4H3,(H2,22,23,24);1H. The second-order valence-electron chi connectivity index (χ2n) is 7.66. The number of likely N-dealkylation sites (tertiary alicyclic amines) is 1. The molecule has 0 aliphatic carbocycles. The number of nitrogens with one attached hydrogen (secondary N) is 2. The highest BCUT2D eigenvalue weighted by Gasteiger charge is 2.23.